The molecule has 0 spiro atoms. The second-order valence-corrected chi connectivity index (χ2v) is 7.82. The minimum atomic E-state index is -4.76. The summed E-state index contributed by atoms with van der Waals surface area (Å²) in [6.07, 6.45) is -4.76. The van der Waals surface area contributed by atoms with Gasteiger partial charge in [0.25, 0.3) is 5.56 Å². The van der Waals surface area contributed by atoms with Gasteiger partial charge in [0.2, 0.25) is 5.89 Å². The van der Waals surface area contributed by atoms with Crippen molar-refractivity contribution in [1.29, 1.82) is 0 Å². The van der Waals surface area contributed by atoms with Crippen LogP contribution in [0.3, 0.4) is 0 Å². The number of H-pyrrole nitrogens is 1. The Bertz CT molecular complexity index is 1560. The van der Waals surface area contributed by atoms with E-state index in [0.717, 1.165) is 10.2 Å². The Morgan fingerprint density at radius 3 is 2.42 bits per heavy atom. The molecule has 3 aromatic heterocycles. The number of benzene rings is 2. The van der Waals surface area contributed by atoms with Crippen molar-refractivity contribution in [3.63, 3.8) is 0 Å². The van der Waals surface area contributed by atoms with Gasteiger partial charge < -0.3 is 14.3 Å². The number of rotatable bonds is 3. The van der Waals surface area contributed by atoms with Crippen LogP contribution in [0.1, 0.15) is 11.4 Å². The summed E-state index contributed by atoms with van der Waals surface area (Å²) in [6, 6.07) is 13.4. The van der Waals surface area contributed by atoms with Crippen LogP contribution in [0, 0.1) is 6.92 Å². The van der Waals surface area contributed by atoms with Crippen molar-refractivity contribution in [2.45, 2.75) is 13.1 Å². The maximum atomic E-state index is 13.9. The van der Waals surface area contributed by atoms with Gasteiger partial charge in [0, 0.05) is 19.8 Å². The first-order valence-corrected chi connectivity index (χ1v) is 10.0. The van der Waals surface area contributed by atoms with Gasteiger partial charge >= 0.3 is 6.18 Å². The monoisotopic (exact) mass is 453 g/mol. The third-order valence-electron chi connectivity index (χ3n) is 5.40. The number of fused-ring (bicyclic) bond motifs is 2. The number of anilines is 1. The minimum Gasteiger partial charge on any atom is -0.436 e. The number of halogens is 3. The fraction of sp³-hybridized carbons (Fsp3) is 0.174. The third kappa shape index (κ3) is 3.25. The molecular formula is C23H18F3N5O2. The fourth-order valence-corrected chi connectivity index (χ4v) is 3.92. The number of aromatic nitrogens is 4. The van der Waals surface area contributed by atoms with Crippen LogP contribution in [-0.4, -0.2) is 33.7 Å². The number of oxazole rings is 1. The number of nitrogens with one attached hydrogen (secondary N) is 1. The maximum absolute atomic E-state index is 13.9. The number of hydrogen-bond donors (Lipinski definition) is 1. The van der Waals surface area contributed by atoms with E-state index in [1.807, 2.05) is 25.1 Å². The molecule has 10 heteroatoms. The highest BCUT2D eigenvalue weighted by atomic mass is 19.4. The van der Waals surface area contributed by atoms with E-state index in [9.17, 15) is 18.0 Å². The minimum absolute atomic E-state index is 0.00488. The zero-order valence-electron chi connectivity index (χ0n) is 17.9. The normalized spacial score (nSPS) is 12.1. The molecule has 2 aromatic carbocycles. The predicted molar refractivity (Wildman–Crippen MR) is 118 cm³/mol. The van der Waals surface area contributed by atoms with Crippen molar-refractivity contribution >= 4 is 22.4 Å². The molecule has 0 saturated heterocycles. The summed E-state index contributed by atoms with van der Waals surface area (Å²) < 4.78 is 48.1. The van der Waals surface area contributed by atoms with E-state index < -0.39 is 17.4 Å². The van der Waals surface area contributed by atoms with Gasteiger partial charge in [-0.1, -0.05) is 36.4 Å². The molecule has 7 nitrogen and oxygen atoms in total. The number of nitrogens with zero attached hydrogens (tertiary/aromatic N) is 4. The van der Waals surface area contributed by atoms with Gasteiger partial charge in [-0.2, -0.15) is 22.8 Å². The van der Waals surface area contributed by atoms with E-state index in [4.69, 9.17) is 4.42 Å². The molecule has 0 saturated carbocycles. The molecule has 3 heterocycles. The summed E-state index contributed by atoms with van der Waals surface area (Å²) in [4.78, 5) is 22.6. The van der Waals surface area contributed by atoms with Gasteiger partial charge in [-0.15, -0.1) is 0 Å². The standard InChI is InChI=1S/C23H18F3N5O2/c1-12-16(21-28-18-14(30(2)3)10-7-11-15(18)33-21)22(32)31-20(27-12)17(13-8-5-4-6-9-13)19(29-31)23(24,25)26/h4-11,27H,1-3H3. The van der Waals surface area contributed by atoms with Gasteiger partial charge in [0.15, 0.2) is 11.3 Å². The lowest BCUT2D eigenvalue weighted by Crippen LogP contribution is -2.20. The van der Waals surface area contributed by atoms with Crippen molar-refractivity contribution in [3.8, 4) is 22.6 Å². The summed E-state index contributed by atoms with van der Waals surface area (Å²) in [7, 11) is 3.70. The van der Waals surface area contributed by atoms with Crippen LogP contribution in [-0.2, 0) is 6.18 Å². The van der Waals surface area contributed by atoms with E-state index in [2.05, 4.69) is 15.1 Å². The van der Waals surface area contributed by atoms with Gasteiger partial charge in [-0.3, -0.25) is 4.79 Å². The van der Waals surface area contributed by atoms with Gasteiger partial charge in [-0.05, 0) is 24.6 Å². The predicted octanol–water partition coefficient (Wildman–Crippen LogP) is 4.89. The quantitative estimate of drug-likeness (QED) is 0.421. The highest BCUT2D eigenvalue weighted by Crippen LogP contribution is 2.38. The van der Waals surface area contributed by atoms with Crippen LogP contribution in [0.2, 0.25) is 0 Å². The highest BCUT2D eigenvalue weighted by Gasteiger charge is 2.39. The first-order chi connectivity index (χ1) is 15.7. The summed E-state index contributed by atoms with van der Waals surface area (Å²) in [5.74, 6) is 0.00488. The number of para-hydroxylation sites is 1. The number of alkyl halides is 3. The Morgan fingerprint density at radius 1 is 1.03 bits per heavy atom. The molecule has 1 N–H and O–H groups in total. The SMILES string of the molecule is Cc1[nH]c2c(-c3ccccc3)c(C(F)(F)F)nn2c(=O)c1-c1nc2c(N(C)C)cccc2o1. The molecule has 0 aliphatic rings. The second-order valence-electron chi connectivity index (χ2n) is 7.82. The van der Waals surface area contributed by atoms with Crippen molar-refractivity contribution in [1.82, 2.24) is 19.6 Å². The molecule has 168 valence electrons. The van der Waals surface area contributed by atoms with Crippen LogP contribution in [0.4, 0.5) is 18.9 Å². The molecule has 0 aliphatic carbocycles. The number of aromatic amines is 1. The van der Waals surface area contributed by atoms with Crippen LogP contribution < -0.4 is 10.5 Å². The van der Waals surface area contributed by atoms with Crippen LogP contribution in [0.15, 0.2) is 57.7 Å². The van der Waals surface area contributed by atoms with Crippen molar-refractivity contribution in [3.05, 3.63) is 70.3 Å². The first kappa shape index (κ1) is 20.8. The topological polar surface area (TPSA) is 79.4 Å². The molecule has 0 aliphatic heterocycles. The third-order valence-corrected chi connectivity index (χ3v) is 5.40. The zero-order chi connectivity index (χ0) is 23.5. The fourth-order valence-electron chi connectivity index (χ4n) is 3.92. The molecule has 0 amide bonds. The maximum Gasteiger partial charge on any atom is 0.435 e. The summed E-state index contributed by atoms with van der Waals surface area (Å²) >= 11 is 0. The lowest BCUT2D eigenvalue weighted by atomic mass is 10.1. The first-order valence-electron chi connectivity index (χ1n) is 10.0. The summed E-state index contributed by atoms with van der Waals surface area (Å²) in [5.41, 5.74) is 0.248. The Labute approximate surface area is 185 Å². The lowest BCUT2D eigenvalue weighted by Gasteiger charge is -2.11. The van der Waals surface area contributed by atoms with Gasteiger partial charge in [-0.25, -0.2) is 4.98 Å². The van der Waals surface area contributed by atoms with Gasteiger partial charge in [0.05, 0.1) is 11.3 Å². The molecule has 0 bridgehead atoms. The molecule has 0 radical (unpaired) electrons. The Morgan fingerprint density at radius 2 is 1.76 bits per heavy atom. The van der Waals surface area contributed by atoms with Gasteiger partial charge in [0.1, 0.15) is 16.7 Å². The molecule has 0 atom stereocenters. The summed E-state index contributed by atoms with van der Waals surface area (Å²) in [5, 5.41) is 3.66. The number of aryl methyl sites for hydroxylation is 1. The van der Waals surface area contributed by atoms with Crippen molar-refractivity contribution in [2.24, 2.45) is 0 Å². The largest absolute Gasteiger partial charge is 0.436 e. The average molecular weight is 453 g/mol. The Kier molecular flexibility index (Phi) is 4.55. The molecule has 33 heavy (non-hydrogen) atoms. The van der Waals surface area contributed by atoms with E-state index in [1.165, 1.54) is 12.1 Å². The van der Waals surface area contributed by atoms with Crippen LogP contribution in [0.25, 0.3) is 39.3 Å². The average Bonchev–Trinajstić information content (AvgIpc) is 3.35. The van der Waals surface area contributed by atoms with Crippen LogP contribution in [0.5, 0.6) is 0 Å². The molecule has 0 fully saturated rings. The zero-order valence-corrected chi connectivity index (χ0v) is 17.9. The Balaban J connectivity index is 1.81. The smallest absolute Gasteiger partial charge is 0.435 e. The molecule has 0 unspecified atom stereocenters. The Hall–Kier alpha value is -4.08. The molecule has 5 rings (SSSR count). The van der Waals surface area contributed by atoms with E-state index in [0.29, 0.717) is 22.4 Å². The van der Waals surface area contributed by atoms with E-state index in [-0.39, 0.29) is 22.7 Å². The summed E-state index contributed by atoms with van der Waals surface area (Å²) in [6.45, 7) is 1.59. The van der Waals surface area contributed by atoms with E-state index in [1.54, 1.807) is 37.3 Å². The van der Waals surface area contributed by atoms with Crippen molar-refractivity contribution < 1.29 is 17.6 Å². The molecular weight excluding hydrogens is 435 g/mol. The highest BCUT2D eigenvalue weighted by molar-refractivity contribution is 5.89. The lowest BCUT2D eigenvalue weighted by molar-refractivity contribution is -0.140. The second kappa shape index (κ2) is 7.22. The van der Waals surface area contributed by atoms with E-state index >= 15 is 0 Å². The number of hydrogen-bond acceptors (Lipinski definition) is 5. The molecule has 5 aromatic rings. The van der Waals surface area contributed by atoms with Crippen molar-refractivity contribution in [2.75, 3.05) is 19.0 Å². The van der Waals surface area contributed by atoms with Crippen LogP contribution >= 0.6 is 0 Å².